The third-order valence-electron chi connectivity index (χ3n) is 2.61. The summed E-state index contributed by atoms with van der Waals surface area (Å²) in [7, 11) is 2.86. The highest BCUT2D eigenvalue weighted by Gasteiger charge is 2.42. The van der Waals surface area contributed by atoms with Crippen LogP contribution in [0.25, 0.3) is 0 Å². The highest BCUT2D eigenvalue weighted by atomic mass is 16.5. The number of rotatable bonds is 3. The maximum atomic E-state index is 11.7. The van der Waals surface area contributed by atoms with Crippen LogP contribution in [0.2, 0.25) is 0 Å². The number of hydrogen-bond acceptors (Lipinski definition) is 4. The van der Waals surface area contributed by atoms with E-state index >= 15 is 0 Å². The minimum atomic E-state index is -0.733. The molecule has 0 unspecified atom stereocenters. The van der Waals surface area contributed by atoms with Crippen LogP contribution in [0.5, 0.6) is 0 Å². The zero-order valence-corrected chi connectivity index (χ0v) is 8.58. The molecule has 0 aromatic rings. The Morgan fingerprint density at radius 3 is 2.43 bits per heavy atom. The summed E-state index contributed by atoms with van der Waals surface area (Å²) >= 11 is 0. The van der Waals surface area contributed by atoms with Crippen LogP contribution in [0.3, 0.4) is 0 Å². The lowest BCUT2D eigenvalue weighted by molar-refractivity contribution is -0.149. The number of amides is 1. The van der Waals surface area contributed by atoms with Crippen molar-refractivity contribution in [1.82, 2.24) is 4.90 Å². The van der Waals surface area contributed by atoms with Gasteiger partial charge in [-0.2, -0.15) is 0 Å². The zero-order chi connectivity index (χ0) is 10.8. The Hall–Kier alpha value is -1.10. The van der Waals surface area contributed by atoms with Gasteiger partial charge in [-0.05, 0) is 19.3 Å². The molecule has 1 saturated carbocycles. The summed E-state index contributed by atoms with van der Waals surface area (Å²) in [6, 6.07) is 0. The summed E-state index contributed by atoms with van der Waals surface area (Å²) in [5.41, 5.74) is 5.09. The zero-order valence-electron chi connectivity index (χ0n) is 8.58. The molecule has 80 valence electrons. The summed E-state index contributed by atoms with van der Waals surface area (Å²) in [6.07, 6.45) is 2.39. The molecule has 0 spiro atoms. The molecule has 5 nitrogen and oxygen atoms in total. The van der Waals surface area contributed by atoms with Gasteiger partial charge in [0.1, 0.15) is 6.54 Å². The number of methoxy groups -OCH3 is 1. The molecular weight excluding hydrogens is 184 g/mol. The van der Waals surface area contributed by atoms with E-state index in [1.54, 1.807) is 7.05 Å². The number of likely N-dealkylation sites (N-methyl/N-ethyl adjacent to an activating group) is 1. The standard InChI is InChI=1S/C9H16N2O3/c1-11(6-7(12)14-2)8(13)9(10)4-3-5-9/h3-6,10H2,1-2H3. The van der Waals surface area contributed by atoms with Crippen molar-refractivity contribution in [1.29, 1.82) is 0 Å². The first-order valence-electron chi connectivity index (χ1n) is 4.61. The normalized spacial score (nSPS) is 18.2. The molecule has 0 radical (unpaired) electrons. The van der Waals surface area contributed by atoms with Crippen LogP contribution in [0, 0.1) is 0 Å². The average Bonchev–Trinajstić information content (AvgIpc) is 2.12. The van der Waals surface area contributed by atoms with Gasteiger partial charge < -0.3 is 15.4 Å². The van der Waals surface area contributed by atoms with Crippen molar-refractivity contribution in [2.75, 3.05) is 20.7 Å². The second-order valence-electron chi connectivity index (χ2n) is 3.75. The minimum absolute atomic E-state index is 0.0334. The largest absolute Gasteiger partial charge is 0.468 e. The molecule has 0 aromatic heterocycles. The number of ether oxygens (including phenoxy) is 1. The molecular formula is C9H16N2O3. The quantitative estimate of drug-likeness (QED) is 0.623. The van der Waals surface area contributed by atoms with Crippen LogP contribution in [-0.4, -0.2) is 43.0 Å². The van der Waals surface area contributed by atoms with E-state index < -0.39 is 11.5 Å². The molecule has 0 saturated heterocycles. The number of carbonyl (C=O) groups excluding carboxylic acids is 2. The second-order valence-corrected chi connectivity index (χ2v) is 3.75. The van der Waals surface area contributed by atoms with E-state index in [-0.39, 0.29) is 12.5 Å². The van der Waals surface area contributed by atoms with Crippen molar-refractivity contribution in [2.45, 2.75) is 24.8 Å². The van der Waals surface area contributed by atoms with Gasteiger partial charge in [-0.1, -0.05) is 0 Å². The van der Waals surface area contributed by atoms with E-state index in [9.17, 15) is 9.59 Å². The molecule has 14 heavy (non-hydrogen) atoms. The molecule has 1 amide bonds. The topological polar surface area (TPSA) is 72.6 Å². The molecule has 2 N–H and O–H groups in total. The summed E-state index contributed by atoms with van der Waals surface area (Å²) in [6.45, 7) is -0.0334. The Labute approximate surface area is 83.2 Å². The molecule has 0 heterocycles. The fourth-order valence-electron chi connectivity index (χ4n) is 1.48. The van der Waals surface area contributed by atoms with Gasteiger partial charge in [-0.3, -0.25) is 9.59 Å². The van der Waals surface area contributed by atoms with E-state index in [2.05, 4.69) is 4.74 Å². The van der Waals surface area contributed by atoms with Crippen molar-refractivity contribution in [3.05, 3.63) is 0 Å². The SMILES string of the molecule is COC(=O)CN(C)C(=O)C1(N)CCC1. The van der Waals surface area contributed by atoms with Crippen molar-refractivity contribution in [3.63, 3.8) is 0 Å². The predicted molar refractivity (Wildman–Crippen MR) is 50.4 cm³/mol. The van der Waals surface area contributed by atoms with Gasteiger partial charge in [0, 0.05) is 7.05 Å². The monoisotopic (exact) mass is 200 g/mol. The smallest absolute Gasteiger partial charge is 0.325 e. The van der Waals surface area contributed by atoms with Crippen molar-refractivity contribution in [3.8, 4) is 0 Å². The van der Waals surface area contributed by atoms with Crippen LogP contribution in [0.4, 0.5) is 0 Å². The summed E-state index contributed by atoms with van der Waals surface area (Å²) in [4.78, 5) is 23.9. The van der Waals surface area contributed by atoms with Crippen LogP contribution < -0.4 is 5.73 Å². The van der Waals surface area contributed by atoms with Crippen molar-refractivity contribution < 1.29 is 14.3 Å². The molecule has 5 heteroatoms. The molecule has 0 aromatic carbocycles. The van der Waals surface area contributed by atoms with E-state index in [4.69, 9.17) is 5.73 Å². The van der Waals surface area contributed by atoms with Gasteiger partial charge in [0.05, 0.1) is 12.6 Å². The van der Waals surface area contributed by atoms with Crippen molar-refractivity contribution >= 4 is 11.9 Å². The van der Waals surface area contributed by atoms with Crippen LogP contribution in [-0.2, 0) is 14.3 Å². The molecule has 1 rings (SSSR count). The average molecular weight is 200 g/mol. The predicted octanol–water partition coefficient (Wildman–Crippen LogP) is -0.501. The van der Waals surface area contributed by atoms with Crippen LogP contribution in [0.1, 0.15) is 19.3 Å². The Kier molecular flexibility index (Phi) is 3.10. The molecule has 0 aliphatic heterocycles. The maximum absolute atomic E-state index is 11.7. The van der Waals surface area contributed by atoms with E-state index in [0.29, 0.717) is 12.8 Å². The fourth-order valence-corrected chi connectivity index (χ4v) is 1.48. The molecule has 0 atom stereocenters. The summed E-state index contributed by atoms with van der Waals surface area (Å²) in [5.74, 6) is -0.599. The lowest BCUT2D eigenvalue weighted by Gasteiger charge is -2.38. The number of esters is 1. The first-order chi connectivity index (χ1) is 6.49. The molecule has 1 aliphatic rings. The Morgan fingerprint density at radius 2 is 2.07 bits per heavy atom. The minimum Gasteiger partial charge on any atom is -0.468 e. The number of nitrogens with zero attached hydrogens (tertiary/aromatic N) is 1. The maximum Gasteiger partial charge on any atom is 0.325 e. The molecule has 1 fully saturated rings. The first-order valence-corrected chi connectivity index (χ1v) is 4.61. The lowest BCUT2D eigenvalue weighted by Crippen LogP contribution is -2.59. The van der Waals surface area contributed by atoms with E-state index in [1.807, 2.05) is 0 Å². The fraction of sp³-hybridized carbons (Fsp3) is 0.778. The highest BCUT2D eigenvalue weighted by molar-refractivity contribution is 5.89. The number of nitrogens with two attached hydrogens (primary N) is 1. The van der Waals surface area contributed by atoms with Gasteiger partial charge in [0.15, 0.2) is 0 Å². The molecule has 1 aliphatic carbocycles. The Balaban J connectivity index is 2.48. The van der Waals surface area contributed by atoms with E-state index in [0.717, 1.165) is 6.42 Å². The first kappa shape index (κ1) is 11.0. The number of carbonyl (C=O) groups is 2. The van der Waals surface area contributed by atoms with E-state index in [1.165, 1.54) is 12.0 Å². The van der Waals surface area contributed by atoms with Gasteiger partial charge in [-0.25, -0.2) is 0 Å². The van der Waals surface area contributed by atoms with Gasteiger partial charge >= 0.3 is 5.97 Å². The van der Waals surface area contributed by atoms with Gasteiger partial charge in [0.25, 0.3) is 0 Å². The highest BCUT2D eigenvalue weighted by Crippen LogP contribution is 2.30. The molecule has 0 bridgehead atoms. The Morgan fingerprint density at radius 1 is 1.50 bits per heavy atom. The van der Waals surface area contributed by atoms with Crippen LogP contribution in [0.15, 0.2) is 0 Å². The summed E-state index contributed by atoms with van der Waals surface area (Å²) < 4.78 is 4.46. The van der Waals surface area contributed by atoms with Crippen molar-refractivity contribution in [2.24, 2.45) is 5.73 Å². The third-order valence-corrected chi connectivity index (χ3v) is 2.61. The third kappa shape index (κ3) is 2.04. The van der Waals surface area contributed by atoms with Crippen LogP contribution >= 0.6 is 0 Å². The Bertz CT molecular complexity index is 248. The van der Waals surface area contributed by atoms with Gasteiger partial charge in [-0.15, -0.1) is 0 Å². The lowest BCUT2D eigenvalue weighted by atomic mass is 9.76. The number of hydrogen-bond donors (Lipinski definition) is 1. The summed E-state index contributed by atoms with van der Waals surface area (Å²) in [5, 5.41) is 0. The second kappa shape index (κ2) is 3.96. The van der Waals surface area contributed by atoms with Gasteiger partial charge in [0.2, 0.25) is 5.91 Å².